The number of carbonyl (C=O) groups excluding carboxylic acids is 1. The van der Waals surface area contributed by atoms with Crippen molar-refractivity contribution in [1.29, 1.82) is 0 Å². The van der Waals surface area contributed by atoms with Crippen LogP contribution < -0.4 is 5.32 Å². The quantitative estimate of drug-likeness (QED) is 0.869. The molecular weight excluding hydrogens is 250 g/mol. The highest BCUT2D eigenvalue weighted by molar-refractivity contribution is 5.76. The number of amides is 1. The van der Waals surface area contributed by atoms with Crippen LogP contribution in [0.1, 0.15) is 52.2 Å². The van der Waals surface area contributed by atoms with Crippen molar-refractivity contribution in [2.75, 3.05) is 6.54 Å². The summed E-state index contributed by atoms with van der Waals surface area (Å²) in [5.74, 6) is -0.0213. The number of nitrogens with one attached hydrogen (secondary N) is 1. The van der Waals surface area contributed by atoms with Gasteiger partial charge in [-0.05, 0) is 36.8 Å². The van der Waals surface area contributed by atoms with Crippen LogP contribution in [0.3, 0.4) is 0 Å². The van der Waals surface area contributed by atoms with E-state index in [4.69, 9.17) is 0 Å². The monoisotopic (exact) mass is 277 g/mol. The van der Waals surface area contributed by atoms with Gasteiger partial charge in [-0.15, -0.1) is 0 Å². The minimum atomic E-state index is -0.857. The van der Waals surface area contributed by atoms with Crippen molar-refractivity contribution in [3.8, 4) is 0 Å². The van der Waals surface area contributed by atoms with E-state index < -0.39 is 5.60 Å². The van der Waals surface area contributed by atoms with Crippen LogP contribution in [-0.4, -0.2) is 23.2 Å². The lowest BCUT2D eigenvalue weighted by atomic mass is 9.86. The molecule has 3 nitrogen and oxygen atoms in total. The van der Waals surface area contributed by atoms with E-state index in [1.165, 1.54) is 5.56 Å². The maximum Gasteiger partial charge on any atom is 0.220 e. The van der Waals surface area contributed by atoms with Gasteiger partial charge in [0.05, 0.1) is 5.60 Å². The van der Waals surface area contributed by atoms with Crippen LogP contribution in [0.4, 0.5) is 0 Å². The lowest BCUT2D eigenvalue weighted by Crippen LogP contribution is -2.38. The van der Waals surface area contributed by atoms with Crippen LogP contribution in [0.5, 0.6) is 0 Å². The first-order valence-electron chi connectivity index (χ1n) is 7.16. The van der Waals surface area contributed by atoms with Gasteiger partial charge in [0, 0.05) is 13.0 Å². The molecule has 112 valence electrons. The molecule has 0 spiro atoms. The average Bonchev–Trinajstić information content (AvgIpc) is 2.32. The van der Waals surface area contributed by atoms with Crippen molar-refractivity contribution in [3.05, 3.63) is 35.4 Å². The molecule has 1 aromatic rings. The van der Waals surface area contributed by atoms with Crippen molar-refractivity contribution >= 4 is 5.91 Å². The molecule has 1 rings (SSSR count). The van der Waals surface area contributed by atoms with Crippen LogP contribution in [0.25, 0.3) is 0 Å². The standard InChI is InChI=1S/C17H27NO2/c1-16(2,3)14-9-6-13(7-10-14)8-11-15(19)18-12-17(4,5)20/h6-7,9-10,20H,8,11-12H2,1-5H3,(H,18,19). The molecule has 0 unspecified atom stereocenters. The van der Waals surface area contributed by atoms with Crippen LogP contribution in [0, 0.1) is 0 Å². The molecule has 3 heteroatoms. The van der Waals surface area contributed by atoms with Gasteiger partial charge >= 0.3 is 0 Å². The van der Waals surface area contributed by atoms with Crippen LogP contribution in [0.2, 0.25) is 0 Å². The molecule has 0 aliphatic rings. The summed E-state index contributed by atoms with van der Waals surface area (Å²) < 4.78 is 0. The Balaban J connectivity index is 2.44. The van der Waals surface area contributed by atoms with E-state index in [-0.39, 0.29) is 17.9 Å². The molecular formula is C17H27NO2. The zero-order valence-corrected chi connectivity index (χ0v) is 13.3. The lowest BCUT2D eigenvalue weighted by Gasteiger charge is -2.19. The number of aryl methyl sites for hydroxylation is 1. The molecule has 1 amide bonds. The third-order valence-corrected chi connectivity index (χ3v) is 3.18. The lowest BCUT2D eigenvalue weighted by molar-refractivity contribution is -0.122. The minimum absolute atomic E-state index is 0.0213. The van der Waals surface area contributed by atoms with Crippen LogP contribution >= 0.6 is 0 Å². The first kappa shape index (κ1) is 16.7. The highest BCUT2D eigenvalue weighted by Crippen LogP contribution is 2.22. The van der Waals surface area contributed by atoms with Crippen LogP contribution in [0.15, 0.2) is 24.3 Å². The highest BCUT2D eigenvalue weighted by Gasteiger charge is 2.14. The molecule has 0 fully saturated rings. The summed E-state index contributed by atoms with van der Waals surface area (Å²) in [6.45, 7) is 10.2. The van der Waals surface area contributed by atoms with Gasteiger partial charge in [-0.1, -0.05) is 45.0 Å². The number of benzene rings is 1. The highest BCUT2D eigenvalue weighted by atomic mass is 16.3. The predicted molar refractivity (Wildman–Crippen MR) is 82.8 cm³/mol. The molecule has 1 aromatic carbocycles. The molecule has 2 N–H and O–H groups in total. The van der Waals surface area contributed by atoms with E-state index >= 15 is 0 Å². The molecule has 0 saturated heterocycles. The maximum atomic E-state index is 11.7. The Bertz CT molecular complexity index is 436. The third kappa shape index (κ3) is 6.20. The van der Waals surface area contributed by atoms with Crippen molar-refractivity contribution in [1.82, 2.24) is 5.32 Å². The van der Waals surface area contributed by atoms with E-state index in [1.54, 1.807) is 13.8 Å². The Hall–Kier alpha value is -1.35. The second kappa shape index (κ2) is 6.40. The summed E-state index contributed by atoms with van der Waals surface area (Å²) >= 11 is 0. The Morgan fingerprint density at radius 2 is 1.65 bits per heavy atom. The van der Waals surface area contributed by atoms with Gasteiger partial charge in [-0.3, -0.25) is 4.79 Å². The first-order chi connectivity index (χ1) is 9.08. The number of rotatable bonds is 5. The fourth-order valence-corrected chi connectivity index (χ4v) is 1.83. The summed E-state index contributed by atoms with van der Waals surface area (Å²) in [4.78, 5) is 11.7. The van der Waals surface area contributed by atoms with Gasteiger partial charge in [0.25, 0.3) is 0 Å². The van der Waals surface area contributed by atoms with Crippen molar-refractivity contribution < 1.29 is 9.90 Å². The zero-order chi connectivity index (χ0) is 15.4. The number of hydrogen-bond donors (Lipinski definition) is 2. The van der Waals surface area contributed by atoms with Crippen molar-refractivity contribution in [3.63, 3.8) is 0 Å². The summed E-state index contributed by atoms with van der Waals surface area (Å²) in [5, 5.41) is 12.3. The predicted octanol–water partition coefficient (Wildman–Crippen LogP) is 2.80. The number of aliphatic hydroxyl groups is 1. The van der Waals surface area contributed by atoms with Crippen LogP contribution in [-0.2, 0) is 16.6 Å². The van der Waals surface area contributed by atoms with Gasteiger partial charge in [-0.25, -0.2) is 0 Å². The molecule has 20 heavy (non-hydrogen) atoms. The third-order valence-electron chi connectivity index (χ3n) is 3.18. The van der Waals surface area contributed by atoms with E-state index in [2.05, 4.69) is 50.4 Å². The van der Waals surface area contributed by atoms with E-state index in [0.717, 1.165) is 12.0 Å². The normalized spacial score (nSPS) is 12.3. The molecule has 0 aliphatic heterocycles. The second-order valence-electron chi connectivity index (χ2n) is 7.04. The SMILES string of the molecule is CC(C)(O)CNC(=O)CCc1ccc(C(C)(C)C)cc1. The summed E-state index contributed by atoms with van der Waals surface area (Å²) in [7, 11) is 0. The average molecular weight is 277 g/mol. The van der Waals surface area contributed by atoms with Crippen molar-refractivity contribution in [2.45, 2.75) is 58.5 Å². The van der Waals surface area contributed by atoms with Gasteiger partial charge in [-0.2, -0.15) is 0 Å². The van der Waals surface area contributed by atoms with E-state index in [9.17, 15) is 9.90 Å². The number of hydrogen-bond acceptors (Lipinski definition) is 2. The Morgan fingerprint density at radius 1 is 1.10 bits per heavy atom. The van der Waals surface area contributed by atoms with Gasteiger partial charge in [0.1, 0.15) is 0 Å². The molecule has 0 heterocycles. The zero-order valence-electron chi connectivity index (χ0n) is 13.3. The fourth-order valence-electron chi connectivity index (χ4n) is 1.83. The second-order valence-corrected chi connectivity index (χ2v) is 7.04. The molecule has 0 aromatic heterocycles. The Morgan fingerprint density at radius 3 is 2.10 bits per heavy atom. The summed E-state index contributed by atoms with van der Waals surface area (Å²) in [5.41, 5.74) is 1.76. The first-order valence-corrected chi connectivity index (χ1v) is 7.16. The molecule has 0 saturated carbocycles. The topological polar surface area (TPSA) is 49.3 Å². The van der Waals surface area contributed by atoms with Crippen molar-refractivity contribution in [2.24, 2.45) is 0 Å². The Kier molecular flexibility index (Phi) is 5.35. The maximum absolute atomic E-state index is 11.7. The van der Waals surface area contributed by atoms with Gasteiger partial charge < -0.3 is 10.4 Å². The minimum Gasteiger partial charge on any atom is -0.389 e. The molecule has 0 bridgehead atoms. The summed E-state index contributed by atoms with van der Waals surface area (Å²) in [6, 6.07) is 8.43. The van der Waals surface area contributed by atoms with Gasteiger partial charge in [0.2, 0.25) is 5.91 Å². The largest absolute Gasteiger partial charge is 0.389 e. The molecule has 0 aliphatic carbocycles. The molecule has 0 radical (unpaired) electrons. The number of carbonyl (C=O) groups is 1. The fraction of sp³-hybridized carbons (Fsp3) is 0.588. The smallest absolute Gasteiger partial charge is 0.220 e. The van der Waals surface area contributed by atoms with E-state index in [0.29, 0.717) is 6.42 Å². The van der Waals surface area contributed by atoms with E-state index in [1.807, 2.05) is 0 Å². The van der Waals surface area contributed by atoms with Gasteiger partial charge in [0.15, 0.2) is 0 Å². The molecule has 0 atom stereocenters. The summed E-state index contributed by atoms with van der Waals surface area (Å²) in [6.07, 6.45) is 1.17. The Labute approximate surface area is 122 Å².